The van der Waals surface area contributed by atoms with Gasteiger partial charge in [0.15, 0.2) is 5.16 Å². The Morgan fingerprint density at radius 3 is 2.05 bits per heavy atom. The lowest BCUT2D eigenvalue weighted by Crippen LogP contribution is -2.25. The third kappa shape index (κ3) is 7.25. The van der Waals surface area contributed by atoms with Gasteiger partial charge < -0.3 is 14.0 Å². The summed E-state index contributed by atoms with van der Waals surface area (Å²) in [5, 5.41) is 0.907. The Balaban J connectivity index is 1.56. The molecule has 0 radical (unpaired) electrons. The molecule has 0 atom stereocenters. The van der Waals surface area contributed by atoms with Gasteiger partial charge in [0.1, 0.15) is 11.5 Å². The molecule has 0 saturated heterocycles. The summed E-state index contributed by atoms with van der Waals surface area (Å²) >= 11 is 4.97. The van der Waals surface area contributed by atoms with E-state index in [4.69, 9.17) is 14.5 Å². The maximum Gasteiger partial charge on any atom is 0.240 e. The predicted molar refractivity (Wildman–Crippen MR) is 161 cm³/mol. The molecule has 206 valence electrons. The van der Waals surface area contributed by atoms with E-state index in [1.54, 1.807) is 50.2 Å². The van der Waals surface area contributed by atoms with Crippen LogP contribution in [0.2, 0.25) is 0 Å². The van der Waals surface area contributed by atoms with Gasteiger partial charge >= 0.3 is 0 Å². The molecule has 39 heavy (non-hydrogen) atoms. The highest BCUT2D eigenvalue weighted by Crippen LogP contribution is 2.37. The molecule has 0 aliphatic rings. The standard InChI is InChI=1S/C29H32BrN3O4S2/c1-4-19-33-28(22-8-14-25(37-3)15-9-22)27(21-6-12-24(36-2)13-7-21)32-29(33)38-20-5-18-31-39(34,35)26-16-10-23(30)11-17-26/h6-17,31H,4-5,18-20H2,1-3H3. The highest BCUT2D eigenvalue weighted by atomic mass is 79.9. The molecule has 1 N–H and O–H groups in total. The maximum absolute atomic E-state index is 12.6. The lowest BCUT2D eigenvalue weighted by Gasteiger charge is -2.13. The summed E-state index contributed by atoms with van der Waals surface area (Å²) in [6.45, 7) is 3.30. The van der Waals surface area contributed by atoms with Crippen LogP contribution in [-0.4, -0.2) is 44.5 Å². The van der Waals surface area contributed by atoms with E-state index in [1.165, 1.54) is 0 Å². The van der Waals surface area contributed by atoms with E-state index in [-0.39, 0.29) is 4.90 Å². The highest BCUT2D eigenvalue weighted by molar-refractivity contribution is 9.10. The number of imidazole rings is 1. The summed E-state index contributed by atoms with van der Waals surface area (Å²) < 4.78 is 41.7. The molecule has 4 rings (SSSR count). The quantitative estimate of drug-likeness (QED) is 0.128. The number of thioether (sulfide) groups is 1. The lowest BCUT2D eigenvalue weighted by atomic mass is 10.0. The van der Waals surface area contributed by atoms with E-state index in [2.05, 4.69) is 44.3 Å². The largest absolute Gasteiger partial charge is 0.497 e. The fourth-order valence-electron chi connectivity index (χ4n) is 4.10. The van der Waals surface area contributed by atoms with E-state index in [1.807, 2.05) is 36.4 Å². The van der Waals surface area contributed by atoms with Crippen LogP contribution in [0.25, 0.3) is 22.5 Å². The zero-order valence-electron chi connectivity index (χ0n) is 22.2. The van der Waals surface area contributed by atoms with Crippen molar-refractivity contribution in [2.45, 2.75) is 36.4 Å². The number of hydrogen-bond donors (Lipinski definition) is 1. The molecule has 1 heterocycles. The summed E-state index contributed by atoms with van der Waals surface area (Å²) in [7, 11) is -0.233. The molecule has 0 bridgehead atoms. The van der Waals surface area contributed by atoms with Gasteiger partial charge in [-0.25, -0.2) is 18.1 Å². The van der Waals surface area contributed by atoms with Crippen LogP contribution < -0.4 is 14.2 Å². The number of nitrogens with one attached hydrogen (secondary N) is 1. The molecular formula is C29H32BrN3O4S2. The van der Waals surface area contributed by atoms with E-state index in [0.29, 0.717) is 18.7 Å². The minimum atomic E-state index is -3.55. The van der Waals surface area contributed by atoms with Gasteiger partial charge in [-0.1, -0.05) is 34.6 Å². The third-order valence-electron chi connectivity index (χ3n) is 6.07. The molecule has 1 aromatic heterocycles. The molecule has 4 aromatic rings. The van der Waals surface area contributed by atoms with Gasteiger partial charge in [-0.05, 0) is 85.6 Å². The molecule has 0 spiro atoms. The van der Waals surface area contributed by atoms with E-state index < -0.39 is 10.0 Å². The number of methoxy groups -OCH3 is 2. The summed E-state index contributed by atoms with van der Waals surface area (Å²) in [5.41, 5.74) is 4.00. The van der Waals surface area contributed by atoms with Crippen LogP contribution in [0.4, 0.5) is 0 Å². The molecular weight excluding hydrogens is 598 g/mol. The van der Waals surface area contributed by atoms with Crippen molar-refractivity contribution in [1.29, 1.82) is 0 Å². The van der Waals surface area contributed by atoms with Gasteiger partial charge in [0.2, 0.25) is 10.0 Å². The average molecular weight is 631 g/mol. The van der Waals surface area contributed by atoms with Crippen molar-refractivity contribution in [3.05, 3.63) is 77.3 Å². The SMILES string of the molecule is CCCn1c(SCCCNS(=O)(=O)c2ccc(Br)cc2)nc(-c2ccc(OC)cc2)c1-c1ccc(OC)cc1. The minimum Gasteiger partial charge on any atom is -0.497 e. The van der Waals surface area contributed by atoms with Gasteiger partial charge in [0, 0.05) is 34.4 Å². The molecule has 7 nitrogen and oxygen atoms in total. The first-order valence-electron chi connectivity index (χ1n) is 12.6. The van der Waals surface area contributed by atoms with Crippen LogP contribution in [0.3, 0.4) is 0 Å². The first kappa shape index (κ1) is 29.2. The van der Waals surface area contributed by atoms with Gasteiger partial charge in [0.25, 0.3) is 0 Å². The number of aromatic nitrogens is 2. The Bertz CT molecular complexity index is 1470. The Kier molecular flexibility index (Phi) is 10.1. The van der Waals surface area contributed by atoms with Gasteiger partial charge in [-0.15, -0.1) is 0 Å². The normalized spacial score (nSPS) is 11.5. The van der Waals surface area contributed by atoms with Crippen LogP contribution in [0.15, 0.2) is 87.3 Å². The molecule has 0 unspecified atom stereocenters. The van der Waals surface area contributed by atoms with Crippen LogP contribution in [-0.2, 0) is 16.6 Å². The van der Waals surface area contributed by atoms with Gasteiger partial charge in [-0.2, -0.15) is 0 Å². The molecule has 0 aliphatic carbocycles. The zero-order valence-corrected chi connectivity index (χ0v) is 25.4. The zero-order chi connectivity index (χ0) is 27.8. The van der Waals surface area contributed by atoms with Crippen molar-refractivity contribution < 1.29 is 17.9 Å². The molecule has 0 amide bonds. The van der Waals surface area contributed by atoms with Gasteiger partial charge in [-0.3, -0.25) is 0 Å². The first-order valence-corrected chi connectivity index (χ1v) is 15.9. The fraction of sp³-hybridized carbons (Fsp3) is 0.276. The van der Waals surface area contributed by atoms with Crippen LogP contribution in [0.5, 0.6) is 11.5 Å². The van der Waals surface area contributed by atoms with Crippen molar-refractivity contribution >= 4 is 37.7 Å². The topological polar surface area (TPSA) is 82.5 Å². The number of nitrogens with zero attached hydrogens (tertiary/aromatic N) is 2. The van der Waals surface area contributed by atoms with Crippen LogP contribution >= 0.6 is 27.7 Å². The van der Waals surface area contributed by atoms with Crippen molar-refractivity contribution in [1.82, 2.24) is 14.3 Å². The minimum absolute atomic E-state index is 0.255. The second kappa shape index (κ2) is 13.5. The van der Waals surface area contributed by atoms with Crippen molar-refractivity contribution in [3.8, 4) is 34.0 Å². The number of rotatable bonds is 13. The number of benzene rings is 3. The first-order chi connectivity index (χ1) is 18.9. The summed E-state index contributed by atoms with van der Waals surface area (Å²) in [6.07, 6.45) is 1.61. The van der Waals surface area contributed by atoms with Crippen molar-refractivity contribution in [3.63, 3.8) is 0 Å². The summed E-state index contributed by atoms with van der Waals surface area (Å²) in [4.78, 5) is 5.34. The second-order valence-corrected chi connectivity index (χ2v) is 12.5. The number of hydrogen-bond acceptors (Lipinski definition) is 6. The van der Waals surface area contributed by atoms with E-state index >= 15 is 0 Å². The lowest BCUT2D eigenvalue weighted by molar-refractivity contribution is 0.414. The Hall–Kier alpha value is -2.79. The molecule has 0 fully saturated rings. The number of halogens is 1. The Morgan fingerprint density at radius 1 is 0.897 bits per heavy atom. The maximum atomic E-state index is 12.6. The Labute approximate surface area is 243 Å². The van der Waals surface area contributed by atoms with Crippen molar-refractivity contribution in [2.24, 2.45) is 0 Å². The van der Waals surface area contributed by atoms with Crippen LogP contribution in [0, 0.1) is 0 Å². The van der Waals surface area contributed by atoms with Crippen LogP contribution in [0.1, 0.15) is 19.8 Å². The second-order valence-electron chi connectivity index (χ2n) is 8.75. The molecule has 0 aliphatic heterocycles. The number of sulfonamides is 1. The average Bonchev–Trinajstić information content (AvgIpc) is 3.31. The van der Waals surface area contributed by atoms with Crippen molar-refractivity contribution in [2.75, 3.05) is 26.5 Å². The molecule has 3 aromatic carbocycles. The Morgan fingerprint density at radius 2 is 1.49 bits per heavy atom. The van der Waals surface area contributed by atoms with Gasteiger partial charge in [0.05, 0.1) is 30.5 Å². The number of ether oxygens (including phenoxy) is 2. The highest BCUT2D eigenvalue weighted by Gasteiger charge is 2.21. The van der Waals surface area contributed by atoms with E-state index in [0.717, 1.165) is 56.6 Å². The van der Waals surface area contributed by atoms with E-state index in [9.17, 15) is 8.42 Å². The fourth-order valence-corrected chi connectivity index (χ4v) is 6.41. The predicted octanol–water partition coefficient (Wildman–Crippen LogP) is 6.87. The third-order valence-corrected chi connectivity index (χ3v) is 9.14. The monoisotopic (exact) mass is 629 g/mol. The summed E-state index contributed by atoms with van der Waals surface area (Å²) in [6, 6.07) is 22.6. The molecule has 0 saturated carbocycles. The smallest absolute Gasteiger partial charge is 0.240 e. The molecule has 10 heteroatoms. The summed E-state index contributed by atoms with van der Waals surface area (Å²) in [5.74, 6) is 2.30.